The van der Waals surface area contributed by atoms with Gasteiger partial charge in [0.05, 0.1) is 11.5 Å². The maximum Gasteiger partial charge on any atom is 0.0695 e. The van der Waals surface area contributed by atoms with Crippen molar-refractivity contribution in [3.8, 4) is 33.4 Å². The van der Waals surface area contributed by atoms with E-state index in [-0.39, 0.29) is 23.3 Å². The number of rotatable bonds is 9. The molecule has 0 amide bonds. The van der Waals surface area contributed by atoms with Gasteiger partial charge in [0.25, 0.3) is 0 Å². The van der Waals surface area contributed by atoms with E-state index >= 15 is 0 Å². The molecule has 1 spiro atoms. The van der Waals surface area contributed by atoms with Gasteiger partial charge in [-0.05, 0) is 95.1 Å². The number of hydrogen-bond acceptors (Lipinski definition) is 1. The predicted molar refractivity (Wildman–Crippen MR) is 265 cm³/mol. The number of benzene rings is 8. The Balaban J connectivity index is 0.967. The van der Waals surface area contributed by atoms with Gasteiger partial charge in [0, 0.05) is 17.5 Å². The Kier molecular flexibility index (Phi) is 9.67. The summed E-state index contributed by atoms with van der Waals surface area (Å²) in [5.41, 5.74) is 20.4. The van der Waals surface area contributed by atoms with E-state index in [4.69, 9.17) is 0 Å². The zero-order valence-corrected chi connectivity index (χ0v) is 35.2. The Morgan fingerprint density at radius 2 is 1.02 bits per heavy atom. The fourth-order valence-corrected chi connectivity index (χ4v) is 10.7. The highest BCUT2D eigenvalue weighted by Crippen LogP contribution is 2.64. The highest BCUT2D eigenvalue weighted by molar-refractivity contribution is 5.93. The zero-order chi connectivity index (χ0) is 42.3. The molecule has 0 heterocycles. The molecule has 3 aliphatic carbocycles. The number of hydrogen-bond donors (Lipinski definition) is 1. The predicted octanol–water partition coefficient (Wildman–Crippen LogP) is 15.3. The molecular formula is C62H47N. The fourth-order valence-electron chi connectivity index (χ4n) is 10.7. The lowest BCUT2D eigenvalue weighted by atomic mass is 9.61. The normalized spacial score (nSPS) is 16.9. The van der Waals surface area contributed by atoms with E-state index in [1.807, 2.05) is 12.1 Å². The Hall–Kier alpha value is -7.74. The van der Waals surface area contributed by atoms with Gasteiger partial charge in [0.2, 0.25) is 0 Å². The molecule has 0 saturated carbocycles. The van der Waals surface area contributed by atoms with E-state index < -0.39 is 0 Å². The van der Waals surface area contributed by atoms with Crippen LogP contribution in [0.5, 0.6) is 0 Å². The molecule has 1 nitrogen and oxygen atoms in total. The van der Waals surface area contributed by atoms with E-state index in [1.54, 1.807) is 0 Å². The van der Waals surface area contributed by atoms with Crippen LogP contribution in [0.2, 0.25) is 0 Å². The van der Waals surface area contributed by atoms with Crippen molar-refractivity contribution in [1.29, 1.82) is 0 Å². The minimum absolute atomic E-state index is 0.0897. The minimum Gasteiger partial charge on any atom is -0.374 e. The average Bonchev–Trinajstić information content (AvgIpc) is 3.60. The van der Waals surface area contributed by atoms with Gasteiger partial charge in [-0.25, -0.2) is 0 Å². The molecule has 0 saturated heterocycles. The third-order valence-electron chi connectivity index (χ3n) is 13.6. The van der Waals surface area contributed by atoms with Crippen LogP contribution in [0.25, 0.3) is 50.2 Å². The molecule has 0 bridgehead atoms. The smallest absolute Gasteiger partial charge is 0.0695 e. The largest absolute Gasteiger partial charge is 0.374 e. The van der Waals surface area contributed by atoms with Crippen molar-refractivity contribution >= 4 is 16.8 Å². The Morgan fingerprint density at radius 3 is 1.65 bits per heavy atom. The molecule has 3 unspecified atom stereocenters. The van der Waals surface area contributed by atoms with Crippen molar-refractivity contribution < 1.29 is 0 Å². The van der Waals surface area contributed by atoms with Crippen molar-refractivity contribution in [3.05, 3.63) is 294 Å². The first-order valence-electron chi connectivity index (χ1n) is 22.0. The quantitative estimate of drug-likeness (QED) is 0.113. The molecule has 0 radical (unpaired) electrons. The van der Waals surface area contributed by atoms with E-state index in [0.717, 1.165) is 28.0 Å². The summed E-state index contributed by atoms with van der Waals surface area (Å²) in [6.07, 6.45) is 11.6. The van der Waals surface area contributed by atoms with Crippen molar-refractivity contribution in [1.82, 2.24) is 5.32 Å². The summed E-state index contributed by atoms with van der Waals surface area (Å²) in [6.45, 7) is 8.78. The third-order valence-corrected chi connectivity index (χ3v) is 13.6. The summed E-state index contributed by atoms with van der Waals surface area (Å²) < 4.78 is 0. The minimum atomic E-state index is -0.369. The summed E-state index contributed by atoms with van der Waals surface area (Å²) in [4.78, 5) is 0. The SMILES string of the molecule is C=CC(N/C(=C\C(=C)c1ccc(-c2ccccc2)cc1)c1ccc(C2=CC3c4ccccc4C4(c5ccccc5-c5ccccc5-c5ccccc54)C3C=C2)cc1)c1ccccc1. The lowest BCUT2D eigenvalue weighted by molar-refractivity contribution is 0.460. The van der Waals surface area contributed by atoms with Crippen LogP contribution in [0, 0.1) is 5.92 Å². The number of allylic oxidation sites excluding steroid dienone is 6. The van der Waals surface area contributed by atoms with Crippen molar-refractivity contribution in [2.24, 2.45) is 5.92 Å². The zero-order valence-electron chi connectivity index (χ0n) is 35.2. The van der Waals surface area contributed by atoms with Crippen LogP contribution < -0.4 is 5.32 Å². The summed E-state index contributed by atoms with van der Waals surface area (Å²) in [5, 5.41) is 3.83. The number of fused-ring (bicyclic) bond motifs is 12. The van der Waals surface area contributed by atoms with Crippen LogP contribution >= 0.6 is 0 Å². The summed E-state index contributed by atoms with van der Waals surface area (Å²) in [6, 6.07) is 75.1. The highest BCUT2D eigenvalue weighted by atomic mass is 14.9. The Labute approximate surface area is 371 Å². The first-order valence-corrected chi connectivity index (χ1v) is 22.0. The van der Waals surface area contributed by atoms with Gasteiger partial charge in [0.1, 0.15) is 0 Å². The van der Waals surface area contributed by atoms with Crippen LogP contribution in [0.1, 0.15) is 56.5 Å². The van der Waals surface area contributed by atoms with Crippen molar-refractivity contribution in [2.75, 3.05) is 0 Å². The molecule has 0 aliphatic heterocycles. The van der Waals surface area contributed by atoms with Crippen molar-refractivity contribution in [2.45, 2.75) is 17.4 Å². The van der Waals surface area contributed by atoms with E-state index in [2.05, 4.69) is 243 Å². The molecule has 0 fully saturated rings. The van der Waals surface area contributed by atoms with Gasteiger partial charge in [-0.1, -0.05) is 237 Å². The number of nitrogens with one attached hydrogen (secondary N) is 1. The highest BCUT2D eigenvalue weighted by Gasteiger charge is 2.55. The standard InChI is InChI=1S/C62H47N/c1-3-60(47-20-8-5-9-21-47)63-61(40-42(2)43-30-32-45(33-31-43)44-18-6-4-7-19-44)48-36-34-46(35-37-48)49-38-39-59-55(41-49)54-26-14-17-29-58(54)62(59)56-27-15-12-24-52(56)50-22-10-11-23-51(50)53-25-13-16-28-57(53)62/h3-41,55,59-60,63H,1-2H2/b61-40-. The van der Waals surface area contributed by atoms with Crippen LogP contribution in [-0.4, -0.2) is 0 Å². The lowest BCUT2D eigenvalue weighted by Crippen LogP contribution is -2.35. The molecule has 3 aliphatic rings. The summed E-state index contributed by atoms with van der Waals surface area (Å²) in [5.74, 6) is 0.381. The van der Waals surface area contributed by atoms with Crippen LogP contribution in [0.3, 0.4) is 0 Å². The molecule has 300 valence electrons. The van der Waals surface area contributed by atoms with E-state index in [0.29, 0.717) is 0 Å². The van der Waals surface area contributed by atoms with Crippen LogP contribution in [-0.2, 0) is 5.41 Å². The monoisotopic (exact) mass is 805 g/mol. The van der Waals surface area contributed by atoms with Gasteiger partial charge in [-0.3, -0.25) is 0 Å². The van der Waals surface area contributed by atoms with Crippen LogP contribution in [0.15, 0.2) is 250 Å². The maximum atomic E-state index is 4.56. The van der Waals surface area contributed by atoms with Gasteiger partial charge in [-0.15, -0.1) is 6.58 Å². The molecule has 8 aromatic carbocycles. The Morgan fingerprint density at radius 1 is 0.508 bits per heavy atom. The average molecular weight is 806 g/mol. The summed E-state index contributed by atoms with van der Waals surface area (Å²) >= 11 is 0. The van der Waals surface area contributed by atoms with E-state index in [1.165, 1.54) is 66.8 Å². The second kappa shape index (κ2) is 15.9. The molecule has 1 N–H and O–H groups in total. The lowest BCUT2D eigenvalue weighted by Gasteiger charge is -2.40. The summed E-state index contributed by atoms with van der Waals surface area (Å²) in [7, 11) is 0. The molecule has 3 atom stereocenters. The fraction of sp³-hybridized carbons (Fsp3) is 0.0645. The van der Waals surface area contributed by atoms with Crippen LogP contribution in [0.4, 0.5) is 0 Å². The molecule has 0 aromatic heterocycles. The van der Waals surface area contributed by atoms with E-state index in [9.17, 15) is 0 Å². The van der Waals surface area contributed by atoms with Crippen molar-refractivity contribution in [3.63, 3.8) is 0 Å². The first kappa shape index (κ1) is 38.2. The Bertz CT molecular complexity index is 3040. The first-order chi connectivity index (χ1) is 31.1. The second-order valence-electron chi connectivity index (χ2n) is 16.9. The second-order valence-corrected chi connectivity index (χ2v) is 16.9. The molecule has 1 heteroatoms. The molecule has 8 aromatic rings. The van der Waals surface area contributed by atoms with Gasteiger partial charge in [0.15, 0.2) is 0 Å². The molecule has 63 heavy (non-hydrogen) atoms. The maximum absolute atomic E-state index is 4.56. The van der Waals surface area contributed by atoms with Gasteiger partial charge >= 0.3 is 0 Å². The molecular weight excluding hydrogens is 759 g/mol. The van der Waals surface area contributed by atoms with Gasteiger partial charge in [-0.2, -0.15) is 0 Å². The van der Waals surface area contributed by atoms with Gasteiger partial charge < -0.3 is 5.32 Å². The third kappa shape index (κ3) is 6.48. The molecule has 11 rings (SSSR count). The topological polar surface area (TPSA) is 12.0 Å².